The van der Waals surface area contributed by atoms with Crippen LogP contribution in [0.1, 0.15) is 18.5 Å². The maximum atomic E-state index is 12.6. The zero-order valence-electron chi connectivity index (χ0n) is 14.0. The number of carbonyl (C=O) groups is 1. The molecule has 3 rings (SSSR count). The summed E-state index contributed by atoms with van der Waals surface area (Å²) in [7, 11) is -3.19. The van der Waals surface area contributed by atoms with Gasteiger partial charge in [-0.1, -0.05) is 6.07 Å². The minimum absolute atomic E-state index is 0.0621. The zero-order chi connectivity index (χ0) is 17.9. The topological polar surface area (TPSA) is 79.4 Å². The van der Waals surface area contributed by atoms with Crippen LogP contribution in [0.4, 0.5) is 0 Å². The van der Waals surface area contributed by atoms with Crippen LogP contribution in [0.5, 0.6) is 0 Å². The number of carbonyl (C=O) groups excluding carboxylic acids is 1. The van der Waals surface area contributed by atoms with E-state index in [1.54, 1.807) is 22.7 Å². The molecule has 0 aromatic carbocycles. The highest BCUT2D eigenvalue weighted by molar-refractivity contribution is 7.88. The molecule has 25 heavy (non-hydrogen) atoms. The van der Waals surface area contributed by atoms with E-state index in [-0.39, 0.29) is 11.8 Å². The Kier molecular flexibility index (Phi) is 5.88. The SMILES string of the molecule is CS(=O)(=O)NCC1CCCN(C(=O)Cc2csc(-c3cccs3)n2)C1. The molecule has 136 valence electrons. The van der Waals surface area contributed by atoms with Crippen LogP contribution in [0.25, 0.3) is 9.88 Å². The van der Waals surface area contributed by atoms with Gasteiger partial charge >= 0.3 is 0 Å². The average molecular weight is 400 g/mol. The fraction of sp³-hybridized carbons (Fsp3) is 0.500. The van der Waals surface area contributed by atoms with Crippen molar-refractivity contribution in [2.24, 2.45) is 5.92 Å². The van der Waals surface area contributed by atoms with Crippen LogP contribution in [0.2, 0.25) is 0 Å². The second kappa shape index (κ2) is 7.94. The molecule has 1 saturated heterocycles. The molecule has 1 amide bonds. The molecule has 1 unspecified atom stereocenters. The summed E-state index contributed by atoms with van der Waals surface area (Å²) in [6.45, 7) is 1.72. The van der Waals surface area contributed by atoms with E-state index in [0.717, 1.165) is 41.2 Å². The van der Waals surface area contributed by atoms with E-state index in [4.69, 9.17) is 0 Å². The molecule has 0 radical (unpaired) electrons. The molecular weight excluding hydrogens is 378 g/mol. The van der Waals surface area contributed by atoms with E-state index in [1.807, 2.05) is 27.8 Å². The smallest absolute Gasteiger partial charge is 0.228 e. The van der Waals surface area contributed by atoms with Gasteiger partial charge in [-0.15, -0.1) is 22.7 Å². The lowest BCUT2D eigenvalue weighted by molar-refractivity contribution is -0.132. The van der Waals surface area contributed by atoms with Gasteiger partial charge in [0.2, 0.25) is 15.9 Å². The summed E-state index contributed by atoms with van der Waals surface area (Å²) in [6.07, 6.45) is 3.30. The standard InChI is InChI=1S/C16H21N3O3S3/c1-25(21,22)17-9-12-4-2-6-19(10-12)15(20)8-13-11-24-16(18-13)14-5-3-7-23-14/h3,5,7,11-12,17H,2,4,6,8-10H2,1H3. The summed E-state index contributed by atoms with van der Waals surface area (Å²) >= 11 is 3.20. The Morgan fingerprint density at radius 3 is 3.00 bits per heavy atom. The van der Waals surface area contributed by atoms with Crippen molar-refractivity contribution < 1.29 is 13.2 Å². The predicted octanol–water partition coefficient (Wildman–Crippen LogP) is 2.20. The zero-order valence-corrected chi connectivity index (χ0v) is 16.4. The normalized spacial score (nSPS) is 18.4. The van der Waals surface area contributed by atoms with Crippen LogP contribution in [-0.2, 0) is 21.2 Å². The van der Waals surface area contributed by atoms with Gasteiger partial charge in [-0.3, -0.25) is 4.79 Å². The fourth-order valence-electron chi connectivity index (χ4n) is 2.90. The number of nitrogens with one attached hydrogen (secondary N) is 1. The number of rotatable bonds is 6. The molecule has 0 bridgehead atoms. The molecular formula is C16H21N3O3S3. The first-order chi connectivity index (χ1) is 11.9. The Hall–Kier alpha value is -1.29. The molecule has 3 heterocycles. The lowest BCUT2D eigenvalue weighted by atomic mass is 9.98. The Balaban J connectivity index is 1.55. The van der Waals surface area contributed by atoms with E-state index in [0.29, 0.717) is 19.5 Å². The van der Waals surface area contributed by atoms with Crippen molar-refractivity contribution in [3.63, 3.8) is 0 Å². The van der Waals surface area contributed by atoms with Gasteiger partial charge in [0.05, 0.1) is 23.2 Å². The van der Waals surface area contributed by atoms with Crippen LogP contribution in [0.3, 0.4) is 0 Å². The molecule has 2 aromatic heterocycles. The first kappa shape index (κ1) is 18.5. The third kappa shape index (κ3) is 5.34. The highest BCUT2D eigenvalue weighted by atomic mass is 32.2. The van der Waals surface area contributed by atoms with Gasteiger partial charge in [0.1, 0.15) is 5.01 Å². The molecule has 2 aromatic rings. The first-order valence-corrected chi connectivity index (χ1v) is 11.8. The number of hydrogen-bond donors (Lipinski definition) is 1. The number of thiophene rings is 1. The molecule has 1 fully saturated rings. The van der Waals surface area contributed by atoms with Crippen molar-refractivity contribution in [3.05, 3.63) is 28.6 Å². The van der Waals surface area contributed by atoms with Gasteiger partial charge in [0.25, 0.3) is 0 Å². The molecule has 0 saturated carbocycles. The van der Waals surface area contributed by atoms with Crippen LogP contribution in [0, 0.1) is 5.92 Å². The monoisotopic (exact) mass is 399 g/mol. The van der Waals surface area contributed by atoms with Gasteiger partial charge in [-0.25, -0.2) is 18.1 Å². The number of thiazole rings is 1. The van der Waals surface area contributed by atoms with Crippen molar-refractivity contribution in [2.45, 2.75) is 19.3 Å². The van der Waals surface area contributed by atoms with Gasteiger partial charge < -0.3 is 4.90 Å². The Morgan fingerprint density at radius 2 is 2.28 bits per heavy atom. The number of aromatic nitrogens is 1. The van der Waals surface area contributed by atoms with Crippen molar-refractivity contribution >= 4 is 38.6 Å². The second-order valence-electron chi connectivity index (χ2n) is 6.27. The molecule has 9 heteroatoms. The number of sulfonamides is 1. The number of amides is 1. The van der Waals surface area contributed by atoms with E-state index in [2.05, 4.69) is 9.71 Å². The maximum Gasteiger partial charge on any atom is 0.228 e. The van der Waals surface area contributed by atoms with E-state index in [1.165, 1.54) is 0 Å². The molecule has 1 aliphatic rings. The number of piperidine rings is 1. The van der Waals surface area contributed by atoms with Crippen LogP contribution < -0.4 is 4.72 Å². The van der Waals surface area contributed by atoms with Crippen molar-refractivity contribution in [3.8, 4) is 9.88 Å². The largest absolute Gasteiger partial charge is 0.342 e. The highest BCUT2D eigenvalue weighted by Gasteiger charge is 2.24. The maximum absolute atomic E-state index is 12.6. The molecule has 1 N–H and O–H groups in total. The summed E-state index contributed by atoms with van der Waals surface area (Å²) in [6, 6.07) is 4.02. The highest BCUT2D eigenvalue weighted by Crippen LogP contribution is 2.28. The third-order valence-corrected chi connectivity index (χ3v) is 6.74. The van der Waals surface area contributed by atoms with E-state index >= 15 is 0 Å². The van der Waals surface area contributed by atoms with E-state index in [9.17, 15) is 13.2 Å². The van der Waals surface area contributed by atoms with Gasteiger partial charge in [0.15, 0.2) is 0 Å². The van der Waals surface area contributed by atoms with Crippen molar-refractivity contribution in [1.82, 2.24) is 14.6 Å². The number of likely N-dealkylation sites (tertiary alicyclic amines) is 1. The molecule has 0 spiro atoms. The van der Waals surface area contributed by atoms with Gasteiger partial charge in [-0.2, -0.15) is 0 Å². The predicted molar refractivity (Wildman–Crippen MR) is 101 cm³/mol. The summed E-state index contributed by atoms with van der Waals surface area (Å²) in [5.41, 5.74) is 0.801. The van der Waals surface area contributed by atoms with Crippen molar-refractivity contribution in [1.29, 1.82) is 0 Å². The molecule has 6 nitrogen and oxygen atoms in total. The molecule has 0 aliphatic carbocycles. The lowest BCUT2D eigenvalue weighted by Gasteiger charge is -2.32. The Morgan fingerprint density at radius 1 is 1.44 bits per heavy atom. The first-order valence-electron chi connectivity index (χ1n) is 8.11. The summed E-state index contributed by atoms with van der Waals surface area (Å²) in [4.78, 5) is 20.1. The second-order valence-corrected chi connectivity index (χ2v) is 9.91. The summed E-state index contributed by atoms with van der Waals surface area (Å²) in [5.74, 6) is 0.233. The quantitative estimate of drug-likeness (QED) is 0.808. The lowest BCUT2D eigenvalue weighted by Crippen LogP contribution is -2.44. The Bertz CT molecular complexity index is 815. The van der Waals surface area contributed by atoms with Crippen LogP contribution in [0.15, 0.2) is 22.9 Å². The molecule has 1 atom stereocenters. The minimum atomic E-state index is -3.19. The third-order valence-electron chi connectivity index (χ3n) is 4.12. The van der Waals surface area contributed by atoms with Crippen LogP contribution in [-0.4, -0.2) is 50.1 Å². The van der Waals surface area contributed by atoms with E-state index < -0.39 is 10.0 Å². The average Bonchev–Trinajstić information content (AvgIpc) is 3.23. The van der Waals surface area contributed by atoms with Gasteiger partial charge in [0, 0.05) is 25.0 Å². The number of nitrogens with zero attached hydrogens (tertiary/aromatic N) is 2. The van der Waals surface area contributed by atoms with Crippen LogP contribution >= 0.6 is 22.7 Å². The summed E-state index contributed by atoms with van der Waals surface area (Å²) < 4.78 is 25.0. The summed E-state index contributed by atoms with van der Waals surface area (Å²) in [5, 5.41) is 4.91. The fourth-order valence-corrected chi connectivity index (χ4v) is 5.07. The molecule has 1 aliphatic heterocycles. The Labute approximate surface area is 155 Å². The van der Waals surface area contributed by atoms with Gasteiger partial charge in [-0.05, 0) is 30.2 Å². The minimum Gasteiger partial charge on any atom is -0.342 e. The number of hydrogen-bond acceptors (Lipinski definition) is 6. The van der Waals surface area contributed by atoms with Crippen molar-refractivity contribution in [2.75, 3.05) is 25.9 Å².